The van der Waals surface area contributed by atoms with Crippen molar-refractivity contribution in [3.63, 3.8) is 0 Å². The molecule has 1 unspecified atom stereocenters. The molecule has 18 heavy (non-hydrogen) atoms. The van der Waals surface area contributed by atoms with Gasteiger partial charge in [0, 0.05) is 25.5 Å². The normalized spacial score (nSPS) is 26.7. The molecule has 0 bridgehead atoms. The van der Waals surface area contributed by atoms with Gasteiger partial charge in [0.25, 0.3) is 0 Å². The number of ketones is 1. The summed E-state index contributed by atoms with van der Waals surface area (Å²) in [6, 6.07) is 3.93. The summed E-state index contributed by atoms with van der Waals surface area (Å²) in [6.07, 6.45) is 3.59. The topological polar surface area (TPSA) is 48.4 Å². The van der Waals surface area contributed by atoms with E-state index in [9.17, 15) is 4.79 Å². The van der Waals surface area contributed by atoms with Crippen LogP contribution >= 0.6 is 0 Å². The Hall–Kier alpha value is -1.26. The molecule has 1 spiro atoms. The van der Waals surface area contributed by atoms with Crippen LogP contribution in [0.1, 0.15) is 36.4 Å². The van der Waals surface area contributed by atoms with Gasteiger partial charge in [-0.2, -0.15) is 0 Å². The molecule has 0 aromatic carbocycles. The summed E-state index contributed by atoms with van der Waals surface area (Å²) in [7, 11) is 0. The van der Waals surface area contributed by atoms with Crippen LogP contribution in [0.5, 0.6) is 0 Å². The Morgan fingerprint density at radius 3 is 2.78 bits per heavy atom. The van der Waals surface area contributed by atoms with Crippen LogP contribution in [0, 0.1) is 6.92 Å². The molecule has 0 amide bonds. The first-order valence-corrected chi connectivity index (χ1v) is 6.42. The van der Waals surface area contributed by atoms with Crippen molar-refractivity contribution in [1.29, 1.82) is 0 Å². The lowest BCUT2D eigenvalue weighted by Crippen LogP contribution is -2.39. The van der Waals surface area contributed by atoms with Crippen LogP contribution in [0.2, 0.25) is 0 Å². The van der Waals surface area contributed by atoms with Crippen molar-refractivity contribution in [1.82, 2.24) is 4.98 Å². The maximum atomic E-state index is 12.1. The minimum atomic E-state index is -0.537. The molecular formula is C14H17NO3. The second kappa shape index (κ2) is 4.44. The molecule has 1 aliphatic heterocycles. The molecule has 2 aliphatic rings. The average Bonchev–Trinajstić information content (AvgIpc) is 2.82. The molecule has 1 saturated heterocycles. The highest BCUT2D eigenvalue weighted by Crippen LogP contribution is 2.40. The second-order valence-electron chi connectivity index (χ2n) is 5.09. The lowest BCUT2D eigenvalue weighted by molar-refractivity contribution is -0.183. The zero-order valence-corrected chi connectivity index (χ0v) is 10.5. The third-order valence-electron chi connectivity index (χ3n) is 3.76. The van der Waals surface area contributed by atoms with E-state index in [1.165, 1.54) is 0 Å². The molecule has 96 valence electrons. The van der Waals surface area contributed by atoms with Crippen LogP contribution in [-0.4, -0.2) is 29.8 Å². The number of ether oxygens (including phenoxy) is 2. The molecular weight excluding hydrogens is 230 g/mol. The van der Waals surface area contributed by atoms with Crippen LogP contribution in [0.3, 0.4) is 0 Å². The lowest BCUT2D eigenvalue weighted by Gasteiger charge is -2.35. The molecule has 2 fully saturated rings. The molecule has 0 N–H and O–H groups in total. The molecule has 0 radical (unpaired) electrons. The van der Waals surface area contributed by atoms with Gasteiger partial charge in [0.1, 0.15) is 5.78 Å². The van der Waals surface area contributed by atoms with E-state index in [0.717, 1.165) is 11.3 Å². The highest BCUT2D eigenvalue weighted by molar-refractivity contribution is 5.86. The number of carbonyl (C=O) groups excluding carboxylic acids is 1. The Morgan fingerprint density at radius 2 is 2.11 bits per heavy atom. The standard InChI is InChI=1S/C14H17NO3/c1-10-2-3-12(15-9-10)11-8-14(5-4-13(11)16)17-6-7-18-14/h2-3,9,11H,4-8H2,1H3. The summed E-state index contributed by atoms with van der Waals surface area (Å²) in [5, 5.41) is 0. The molecule has 1 saturated carbocycles. The number of rotatable bonds is 1. The predicted molar refractivity (Wildman–Crippen MR) is 65.2 cm³/mol. The van der Waals surface area contributed by atoms with Crippen molar-refractivity contribution in [3.05, 3.63) is 29.6 Å². The van der Waals surface area contributed by atoms with E-state index in [1.807, 2.05) is 19.1 Å². The number of aryl methyl sites for hydroxylation is 1. The molecule has 2 heterocycles. The van der Waals surface area contributed by atoms with Crippen molar-refractivity contribution in [3.8, 4) is 0 Å². The molecule has 4 heteroatoms. The fraction of sp³-hybridized carbons (Fsp3) is 0.571. The molecule has 1 atom stereocenters. The van der Waals surface area contributed by atoms with Crippen LogP contribution in [-0.2, 0) is 14.3 Å². The molecule has 4 nitrogen and oxygen atoms in total. The zero-order chi connectivity index (χ0) is 12.6. The third kappa shape index (κ3) is 2.06. The number of aromatic nitrogens is 1. The van der Waals surface area contributed by atoms with Gasteiger partial charge in [-0.15, -0.1) is 0 Å². The van der Waals surface area contributed by atoms with Crippen LogP contribution in [0.25, 0.3) is 0 Å². The zero-order valence-electron chi connectivity index (χ0n) is 10.5. The van der Waals surface area contributed by atoms with E-state index >= 15 is 0 Å². The summed E-state index contributed by atoms with van der Waals surface area (Å²) < 4.78 is 11.4. The van der Waals surface area contributed by atoms with Crippen molar-refractivity contribution in [2.75, 3.05) is 13.2 Å². The smallest absolute Gasteiger partial charge is 0.170 e. The number of pyridine rings is 1. The Bertz CT molecular complexity index is 449. The van der Waals surface area contributed by atoms with Gasteiger partial charge in [-0.1, -0.05) is 6.07 Å². The number of nitrogens with zero attached hydrogens (tertiary/aromatic N) is 1. The first kappa shape index (κ1) is 11.8. The molecule has 1 aromatic heterocycles. The van der Waals surface area contributed by atoms with Crippen LogP contribution in [0.15, 0.2) is 18.3 Å². The summed E-state index contributed by atoms with van der Waals surface area (Å²) in [4.78, 5) is 16.4. The van der Waals surface area contributed by atoms with E-state index in [2.05, 4.69) is 4.98 Å². The van der Waals surface area contributed by atoms with E-state index < -0.39 is 5.79 Å². The minimum absolute atomic E-state index is 0.183. The fourth-order valence-electron chi connectivity index (χ4n) is 2.73. The number of Topliss-reactive ketones (excluding diaryl/α,β-unsaturated/α-hetero) is 1. The first-order valence-electron chi connectivity index (χ1n) is 6.42. The Kier molecular flexibility index (Phi) is 2.92. The highest BCUT2D eigenvalue weighted by atomic mass is 16.7. The van der Waals surface area contributed by atoms with E-state index in [1.54, 1.807) is 6.20 Å². The minimum Gasteiger partial charge on any atom is -0.347 e. The maximum absolute atomic E-state index is 12.1. The van der Waals surface area contributed by atoms with Gasteiger partial charge in [0.15, 0.2) is 5.79 Å². The first-order chi connectivity index (χ1) is 8.69. The predicted octanol–water partition coefficient (Wildman–Crippen LogP) is 1.97. The van der Waals surface area contributed by atoms with E-state index in [0.29, 0.717) is 32.5 Å². The monoisotopic (exact) mass is 247 g/mol. The van der Waals surface area contributed by atoms with Gasteiger partial charge in [0.2, 0.25) is 0 Å². The summed E-state index contributed by atoms with van der Waals surface area (Å²) in [5.41, 5.74) is 1.94. The van der Waals surface area contributed by atoms with Crippen molar-refractivity contribution < 1.29 is 14.3 Å². The van der Waals surface area contributed by atoms with Gasteiger partial charge in [-0.25, -0.2) is 0 Å². The quantitative estimate of drug-likeness (QED) is 0.761. The van der Waals surface area contributed by atoms with Crippen LogP contribution < -0.4 is 0 Å². The van der Waals surface area contributed by atoms with Crippen molar-refractivity contribution in [2.24, 2.45) is 0 Å². The molecule has 3 rings (SSSR count). The number of hydrogen-bond donors (Lipinski definition) is 0. The van der Waals surface area contributed by atoms with Gasteiger partial charge < -0.3 is 9.47 Å². The SMILES string of the molecule is Cc1ccc(C2CC3(CCC2=O)OCCO3)nc1. The Labute approximate surface area is 106 Å². The van der Waals surface area contributed by atoms with Gasteiger partial charge >= 0.3 is 0 Å². The number of carbonyl (C=O) groups is 1. The lowest BCUT2D eigenvalue weighted by atomic mass is 9.81. The van der Waals surface area contributed by atoms with E-state index in [4.69, 9.17) is 9.47 Å². The molecule has 1 aromatic rings. The van der Waals surface area contributed by atoms with Gasteiger partial charge in [0.05, 0.1) is 24.8 Å². The average molecular weight is 247 g/mol. The fourth-order valence-corrected chi connectivity index (χ4v) is 2.73. The summed E-state index contributed by atoms with van der Waals surface area (Å²) in [5.74, 6) is -0.473. The van der Waals surface area contributed by atoms with E-state index in [-0.39, 0.29) is 11.7 Å². The third-order valence-corrected chi connectivity index (χ3v) is 3.76. The number of hydrogen-bond acceptors (Lipinski definition) is 4. The summed E-state index contributed by atoms with van der Waals surface area (Å²) in [6.45, 7) is 3.24. The molecule has 1 aliphatic carbocycles. The maximum Gasteiger partial charge on any atom is 0.170 e. The Balaban J connectivity index is 1.85. The largest absolute Gasteiger partial charge is 0.347 e. The summed E-state index contributed by atoms with van der Waals surface area (Å²) >= 11 is 0. The second-order valence-corrected chi connectivity index (χ2v) is 5.09. The van der Waals surface area contributed by atoms with Gasteiger partial charge in [-0.3, -0.25) is 9.78 Å². The van der Waals surface area contributed by atoms with Crippen molar-refractivity contribution in [2.45, 2.75) is 37.9 Å². The van der Waals surface area contributed by atoms with Crippen LogP contribution in [0.4, 0.5) is 0 Å². The van der Waals surface area contributed by atoms with Crippen molar-refractivity contribution >= 4 is 5.78 Å². The van der Waals surface area contributed by atoms with Gasteiger partial charge in [-0.05, 0) is 18.6 Å². The highest BCUT2D eigenvalue weighted by Gasteiger charge is 2.45. The Morgan fingerprint density at radius 1 is 1.33 bits per heavy atom.